The van der Waals surface area contributed by atoms with E-state index in [4.69, 9.17) is 23.4 Å². The van der Waals surface area contributed by atoms with Crippen LogP contribution in [0.3, 0.4) is 0 Å². The lowest BCUT2D eigenvalue weighted by molar-refractivity contribution is -0.303. The summed E-state index contributed by atoms with van der Waals surface area (Å²) >= 11 is 0. The van der Waals surface area contributed by atoms with Gasteiger partial charge in [0, 0.05) is 41.1 Å². The molecular formula is C29H36O9. The van der Waals surface area contributed by atoms with Gasteiger partial charge < -0.3 is 23.4 Å². The number of ether oxygens (including phenoxy) is 4. The molecule has 2 saturated carbocycles. The highest BCUT2D eigenvalue weighted by Gasteiger charge is 2.74. The van der Waals surface area contributed by atoms with E-state index in [0.29, 0.717) is 12.8 Å². The zero-order valence-corrected chi connectivity index (χ0v) is 22.8. The topological polar surface area (TPSA) is 118 Å². The molecule has 2 bridgehead atoms. The SMILES string of the molecule is C=C1[C@H]2CC[C@@]3(C)[C@H](c4ccoc4)OC(=O)C[C@]13O[C@H]1CC(=O)C(C)(C)[C@H](C(OC(C)=O)C(=O)OC)[C@]12C. The molecule has 0 N–H and O–H groups in total. The van der Waals surface area contributed by atoms with Crippen molar-refractivity contribution < 1.29 is 42.5 Å². The monoisotopic (exact) mass is 528 g/mol. The van der Waals surface area contributed by atoms with Gasteiger partial charge in [0.25, 0.3) is 0 Å². The number of carbonyl (C=O) groups excluding carboxylic acids is 4. The molecule has 4 fully saturated rings. The maximum Gasteiger partial charge on any atom is 0.347 e. The van der Waals surface area contributed by atoms with E-state index in [0.717, 1.165) is 11.1 Å². The van der Waals surface area contributed by atoms with Crippen LogP contribution in [0.4, 0.5) is 0 Å². The van der Waals surface area contributed by atoms with Gasteiger partial charge in [-0.15, -0.1) is 0 Å². The third kappa shape index (κ3) is 3.33. The fourth-order valence-electron chi connectivity index (χ4n) is 8.34. The maximum atomic E-state index is 13.7. The highest BCUT2D eigenvalue weighted by Crippen LogP contribution is 2.71. The molecular weight excluding hydrogens is 492 g/mol. The van der Waals surface area contributed by atoms with Gasteiger partial charge in [0.2, 0.25) is 6.10 Å². The van der Waals surface area contributed by atoms with Crippen molar-refractivity contribution in [2.75, 3.05) is 7.11 Å². The Balaban J connectivity index is 1.66. The van der Waals surface area contributed by atoms with Crippen LogP contribution in [0.15, 0.2) is 35.2 Å². The molecule has 3 heterocycles. The second-order valence-electron chi connectivity index (χ2n) is 12.3. The number of methoxy groups -OCH3 is 1. The summed E-state index contributed by atoms with van der Waals surface area (Å²) in [6.07, 6.45) is 1.93. The van der Waals surface area contributed by atoms with Gasteiger partial charge in [0.1, 0.15) is 17.5 Å². The molecule has 2 aliphatic heterocycles. The number of furan rings is 1. The average molecular weight is 529 g/mol. The molecule has 1 aromatic heterocycles. The molecule has 206 valence electrons. The average Bonchev–Trinajstić information content (AvgIpc) is 3.36. The third-order valence-corrected chi connectivity index (χ3v) is 10.2. The van der Waals surface area contributed by atoms with Crippen LogP contribution < -0.4 is 0 Å². The quantitative estimate of drug-likeness (QED) is 0.323. The Morgan fingerprint density at radius 3 is 2.50 bits per heavy atom. The molecule has 4 aliphatic rings. The smallest absolute Gasteiger partial charge is 0.347 e. The van der Waals surface area contributed by atoms with Crippen molar-refractivity contribution >= 4 is 23.7 Å². The molecule has 2 aliphatic carbocycles. The minimum Gasteiger partial charge on any atom is -0.472 e. The Morgan fingerprint density at radius 2 is 1.89 bits per heavy atom. The highest BCUT2D eigenvalue weighted by molar-refractivity contribution is 5.89. The van der Waals surface area contributed by atoms with Gasteiger partial charge in [-0.1, -0.05) is 34.3 Å². The van der Waals surface area contributed by atoms with Crippen LogP contribution in [0.2, 0.25) is 0 Å². The number of Topliss-reactive ketones (excluding diaryl/α,β-unsaturated/α-hetero) is 1. The summed E-state index contributed by atoms with van der Waals surface area (Å²) in [6.45, 7) is 13.4. The van der Waals surface area contributed by atoms with E-state index in [2.05, 4.69) is 6.58 Å². The van der Waals surface area contributed by atoms with Crippen LogP contribution in [-0.4, -0.2) is 48.6 Å². The fourth-order valence-corrected chi connectivity index (χ4v) is 8.34. The number of rotatable bonds is 4. The molecule has 9 heteroatoms. The molecule has 5 rings (SSSR count). The first-order valence-corrected chi connectivity index (χ1v) is 13.1. The van der Waals surface area contributed by atoms with Crippen molar-refractivity contribution in [1.82, 2.24) is 0 Å². The van der Waals surface area contributed by atoms with Gasteiger partial charge in [-0.05, 0) is 30.4 Å². The molecule has 1 aromatic rings. The summed E-state index contributed by atoms with van der Waals surface area (Å²) in [6, 6.07) is 1.78. The Labute approximate surface area is 222 Å². The lowest BCUT2D eigenvalue weighted by Gasteiger charge is -2.70. The van der Waals surface area contributed by atoms with Gasteiger partial charge in [-0.25, -0.2) is 4.79 Å². The first kappa shape index (κ1) is 26.7. The van der Waals surface area contributed by atoms with Crippen LogP contribution in [0.1, 0.15) is 72.0 Å². The van der Waals surface area contributed by atoms with Crippen molar-refractivity contribution in [2.24, 2.45) is 28.1 Å². The van der Waals surface area contributed by atoms with Crippen molar-refractivity contribution in [2.45, 2.75) is 84.2 Å². The number of fused-ring (bicyclic) bond motifs is 3. The Hall–Kier alpha value is -2.94. The van der Waals surface area contributed by atoms with Crippen molar-refractivity contribution in [3.63, 3.8) is 0 Å². The molecule has 1 unspecified atom stereocenters. The number of carbonyl (C=O) groups is 4. The van der Waals surface area contributed by atoms with Crippen molar-refractivity contribution in [3.8, 4) is 0 Å². The predicted molar refractivity (Wildman–Crippen MR) is 132 cm³/mol. The Kier molecular flexibility index (Phi) is 5.98. The van der Waals surface area contributed by atoms with Crippen molar-refractivity contribution in [3.05, 3.63) is 36.3 Å². The van der Waals surface area contributed by atoms with Gasteiger partial charge in [-0.2, -0.15) is 0 Å². The lowest BCUT2D eigenvalue weighted by Crippen LogP contribution is -2.74. The number of ketones is 1. The predicted octanol–water partition coefficient (Wildman–Crippen LogP) is 4.10. The van der Waals surface area contributed by atoms with Crippen LogP contribution in [0, 0.1) is 28.1 Å². The van der Waals surface area contributed by atoms with E-state index in [9.17, 15) is 19.2 Å². The summed E-state index contributed by atoms with van der Waals surface area (Å²) in [4.78, 5) is 52.0. The van der Waals surface area contributed by atoms with E-state index < -0.39 is 64.0 Å². The Bertz CT molecular complexity index is 1200. The molecule has 8 atom stereocenters. The summed E-state index contributed by atoms with van der Waals surface area (Å²) < 4.78 is 28.8. The van der Waals surface area contributed by atoms with E-state index in [1.807, 2.05) is 13.8 Å². The largest absolute Gasteiger partial charge is 0.472 e. The van der Waals surface area contributed by atoms with Crippen LogP contribution in [0.5, 0.6) is 0 Å². The van der Waals surface area contributed by atoms with Gasteiger partial charge >= 0.3 is 17.9 Å². The van der Waals surface area contributed by atoms with Gasteiger partial charge in [0.05, 0.1) is 32.2 Å². The first-order valence-electron chi connectivity index (χ1n) is 13.1. The highest BCUT2D eigenvalue weighted by atomic mass is 16.6. The van der Waals surface area contributed by atoms with Crippen LogP contribution in [-0.2, 0) is 38.1 Å². The second-order valence-corrected chi connectivity index (χ2v) is 12.3. The van der Waals surface area contributed by atoms with Gasteiger partial charge in [0.15, 0.2) is 0 Å². The molecule has 2 saturated heterocycles. The maximum absolute atomic E-state index is 13.7. The molecule has 1 spiro atoms. The Morgan fingerprint density at radius 1 is 1.18 bits per heavy atom. The van der Waals surface area contributed by atoms with Crippen molar-refractivity contribution in [1.29, 1.82) is 0 Å². The number of cyclic esters (lactones) is 1. The molecule has 0 radical (unpaired) electrons. The second kappa shape index (κ2) is 8.53. The zero-order valence-electron chi connectivity index (χ0n) is 22.8. The number of hydrogen-bond acceptors (Lipinski definition) is 9. The molecule has 0 amide bonds. The summed E-state index contributed by atoms with van der Waals surface area (Å²) in [5.41, 5.74) is -2.10. The van der Waals surface area contributed by atoms with Gasteiger partial charge in [-0.3, -0.25) is 14.4 Å². The van der Waals surface area contributed by atoms with E-state index in [-0.39, 0.29) is 24.5 Å². The molecule has 9 nitrogen and oxygen atoms in total. The summed E-state index contributed by atoms with van der Waals surface area (Å²) in [5, 5.41) is 0. The number of esters is 3. The summed E-state index contributed by atoms with van der Waals surface area (Å²) in [5.74, 6) is -2.85. The standard InChI is InChI=1S/C29H36O9/c1-15-18-8-10-27(5)24(17-9-11-35-14-17)37-21(32)13-29(15,27)38-20-12-19(31)26(3,4)23(28(18,20)6)22(25(33)34-7)36-16(2)30/h9,11,14,18,20,22-24H,1,8,10,12-13H2,2-7H3/t18-,20+,22?,23+,24+,27+,28+,29+/m1/s1. The number of hydrogen-bond donors (Lipinski definition) is 0. The minimum atomic E-state index is -1.31. The minimum absolute atomic E-state index is 0.0214. The third-order valence-electron chi connectivity index (χ3n) is 10.2. The fraction of sp³-hybridized carbons (Fsp3) is 0.655. The zero-order chi connectivity index (χ0) is 27.8. The van der Waals surface area contributed by atoms with E-state index in [1.165, 1.54) is 14.0 Å². The summed E-state index contributed by atoms with van der Waals surface area (Å²) in [7, 11) is 1.23. The first-order chi connectivity index (χ1) is 17.7. The van der Waals surface area contributed by atoms with E-state index >= 15 is 0 Å². The molecule has 0 aromatic carbocycles. The van der Waals surface area contributed by atoms with Crippen LogP contribution >= 0.6 is 0 Å². The van der Waals surface area contributed by atoms with Crippen LogP contribution in [0.25, 0.3) is 0 Å². The normalized spacial score (nSPS) is 40.3. The van der Waals surface area contributed by atoms with E-state index in [1.54, 1.807) is 32.4 Å². The molecule has 38 heavy (non-hydrogen) atoms. The lowest BCUT2D eigenvalue weighted by atomic mass is 9.41.